The molecule has 0 aliphatic carbocycles. The highest BCUT2D eigenvalue weighted by molar-refractivity contribution is 7.89. The Morgan fingerprint density at radius 3 is 2.83 bits per heavy atom. The van der Waals surface area contributed by atoms with E-state index in [1.165, 1.54) is 15.8 Å². The van der Waals surface area contributed by atoms with Gasteiger partial charge in [-0.15, -0.1) is 11.3 Å². The second-order valence-electron chi connectivity index (χ2n) is 4.22. The maximum Gasteiger partial charge on any atom is 0.345 e. The van der Waals surface area contributed by atoms with Crippen molar-refractivity contribution in [1.82, 2.24) is 4.31 Å². The zero-order valence-electron chi connectivity index (χ0n) is 9.57. The van der Waals surface area contributed by atoms with Gasteiger partial charge in [-0.2, -0.15) is 4.31 Å². The molecule has 0 saturated carbocycles. The standard InChI is InChI=1S/C10H14N2O4S2/c11-7-2-1-3-12(5-7)18(15,16)8-4-9(10(13)14)17-6-8/h4,6-7H,1-3,5,11H2,(H,13,14). The third kappa shape index (κ3) is 2.56. The zero-order chi connectivity index (χ0) is 13.3. The molecule has 6 nitrogen and oxygen atoms in total. The number of thiophene rings is 1. The molecule has 0 bridgehead atoms. The lowest BCUT2D eigenvalue weighted by Crippen LogP contribution is -2.45. The van der Waals surface area contributed by atoms with Crippen LogP contribution in [0.2, 0.25) is 0 Å². The summed E-state index contributed by atoms with van der Waals surface area (Å²) >= 11 is 0.913. The van der Waals surface area contributed by atoms with Crippen molar-refractivity contribution in [3.05, 3.63) is 16.3 Å². The van der Waals surface area contributed by atoms with Crippen LogP contribution in [0.3, 0.4) is 0 Å². The van der Waals surface area contributed by atoms with Crippen molar-refractivity contribution in [1.29, 1.82) is 0 Å². The third-order valence-corrected chi connectivity index (χ3v) is 5.75. The van der Waals surface area contributed by atoms with Crippen molar-refractivity contribution in [2.75, 3.05) is 13.1 Å². The third-order valence-electron chi connectivity index (χ3n) is 2.84. The summed E-state index contributed by atoms with van der Waals surface area (Å²) in [6.07, 6.45) is 1.55. The number of carbonyl (C=O) groups is 1. The number of piperidine rings is 1. The average molecular weight is 290 g/mol. The van der Waals surface area contributed by atoms with Gasteiger partial charge in [0.2, 0.25) is 10.0 Å². The van der Waals surface area contributed by atoms with E-state index < -0.39 is 16.0 Å². The lowest BCUT2D eigenvalue weighted by molar-refractivity contribution is 0.0702. The van der Waals surface area contributed by atoms with E-state index in [-0.39, 0.29) is 15.8 Å². The molecule has 1 aromatic rings. The molecular weight excluding hydrogens is 276 g/mol. The summed E-state index contributed by atoms with van der Waals surface area (Å²) in [5, 5.41) is 10.2. The minimum absolute atomic E-state index is 0.0230. The van der Waals surface area contributed by atoms with E-state index >= 15 is 0 Å². The Balaban J connectivity index is 2.26. The Labute approximate surface area is 109 Å². The van der Waals surface area contributed by atoms with Gasteiger partial charge in [-0.1, -0.05) is 0 Å². The number of carboxylic acid groups (broad SMARTS) is 1. The Kier molecular flexibility index (Phi) is 3.71. The van der Waals surface area contributed by atoms with Gasteiger partial charge in [0.1, 0.15) is 4.88 Å². The molecule has 3 N–H and O–H groups in total. The first kappa shape index (κ1) is 13.5. The smallest absolute Gasteiger partial charge is 0.345 e. The van der Waals surface area contributed by atoms with Crippen LogP contribution in [0.5, 0.6) is 0 Å². The fourth-order valence-electron chi connectivity index (χ4n) is 1.91. The Hall–Kier alpha value is -0.960. The van der Waals surface area contributed by atoms with Gasteiger partial charge in [0, 0.05) is 24.5 Å². The number of carboxylic acids is 1. The summed E-state index contributed by atoms with van der Waals surface area (Å²) in [5.74, 6) is -1.11. The number of hydrogen-bond donors (Lipinski definition) is 2. The molecule has 1 unspecified atom stereocenters. The van der Waals surface area contributed by atoms with Crippen LogP contribution in [-0.4, -0.2) is 42.9 Å². The minimum atomic E-state index is -3.61. The van der Waals surface area contributed by atoms with Crippen LogP contribution >= 0.6 is 11.3 Å². The van der Waals surface area contributed by atoms with Crippen molar-refractivity contribution < 1.29 is 18.3 Å². The van der Waals surface area contributed by atoms with Gasteiger partial charge in [-0.3, -0.25) is 0 Å². The fraction of sp³-hybridized carbons (Fsp3) is 0.500. The minimum Gasteiger partial charge on any atom is -0.477 e. The number of nitrogens with zero attached hydrogens (tertiary/aromatic N) is 1. The van der Waals surface area contributed by atoms with Crippen molar-refractivity contribution in [2.45, 2.75) is 23.8 Å². The van der Waals surface area contributed by atoms with Gasteiger partial charge in [0.15, 0.2) is 0 Å². The topological polar surface area (TPSA) is 101 Å². The van der Waals surface area contributed by atoms with Gasteiger partial charge < -0.3 is 10.8 Å². The quantitative estimate of drug-likeness (QED) is 0.847. The molecule has 18 heavy (non-hydrogen) atoms. The molecule has 1 aliphatic heterocycles. The predicted octanol–water partition coefficient (Wildman–Crippen LogP) is 0.558. The van der Waals surface area contributed by atoms with E-state index in [4.69, 9.17) is 10.8 Å². The average Bonchev–Trinajstić information content (AvgIpc) is 2.79. The van der Waals surface area contributed by atoms with E-state index in [0.29, 0.717) is 13.1 Å². The summed E-state index contributed by atoms with van der Waals surface area (Å²) < 4.78 is 25.8. The normalized spacial score (nSPS) is 21.9. The molecule has 0 aromatic carbocycles. The molecule has 1 saturated heterocycles. The van der Waals surface area contributed by atoms with Gasteiger partial charge >= 0.3 is 5.97 Å². The first-order valence-corrected chi connectivity index (χ1v) is 7.81. The molecule has 2 rings (SSSR count). The SMILES string of the molecule is NC1CCCN(S(=O)(=O)c2csc(C(=O)O)c2)C1. The Morgan fingerprint density at radius 2 is 2.28 bits per heavy atom. The van der Waals surface area contributed by atoms with E-state index in [9.17, 15) is 13.2 Å². The number of sulfonamides is 1. The van der Waals surface area contributed by atoms with Gasteiger partial charge in [-0.05, 0) is 18.9 Å². The first-order valence-electron chi connectivity index (χ1n) is 5.49. The molecule has 0 spiro atoms. The van der Waals surface area contributed by atoms with Crippen molar-refractivity contribution >= 4 is 27.3 Å². The Morgan fingerprint density at radius 1 is 1.56 bits per heavy atom. The monoisotopic (exact) mass is 290 g/mol. The lowest BCUT2D eigenvalue weighted by Gasteiger charge is -2.29. The van der Waals surface area contributed by atoms with Crippen molar-refractivity contribution in [3.63, 3.8) is 0 Å². The second kappa shape index (κ2) is 4.96. The number of hydrogen-bond acceptors (Lipinski definition) is 5. The van der Waals surface area contributed by atoms with E-state index in [1.54, 1.807) is 0 Å². The van der Waals surface area contributed by atoms with E-state index in [0.717, 1.165) is 24.2 Å². The second-order valence-corrected chi connectivity index (χ2v) is 7.07. The lowest BCUT2D eigenvalue weighted by atomic mass is 10.1. The maximum atomic E-state index is 12.3. The van der Waals surface area contributed by atoms with Crippen LogP contribution < -0.4 is 5.73 Å². The summed E-state index contributed by atoms with van der Waals surface area (Å²) in [6, 6.07) is 1.05. The van der Waals surface area contributed by atoms with Crippen LogP contribution in [-0.2, 0) is 10.0 Å². The largest absolute Gasteiger partial charge is 0.477 e. The summed E-state index contributed by atoms with van der Waals surface area (Å²) in [6.45, 7) is 0.731. The fourth-order valence-corrected chi connectivity index (χ4v) is 4.54. The maximum absolute atomic E-state index is 12.3. The molecule has 1 aromatic heterocycles. The number of aromatic carboxylic acids is 1. The van der Waals surface area contributed by atoms with Crippen LogP contribution in [0.4, 0.5) is 0 Å². The van der Waals surface area contributed by atoms with Gasteiger partial charge in [0.05, 0.1) is 4.90 Å². The molecule has 1 atom stereocenters. The molecule has 2 heterocycles. The molecule has 1 fully saturated rings. The van der Waals surface area contributed by atoms with Gasteiger partial charge in [0.25, 0.3) is 0 Å². The van der Waals surface area contributed by atoms with Crippen LogP contribution in [0.1, 0.15) is 22.5 Å². The number of nitrogens with two attached hydrogens (primary N) is 1. The molecule has 0 amide bonds. The zero-order valence-corrected chi connectivity index (χ0v) is 11.2. The summed E-state index contributed by atoms with van der Waals surface area (Å²) in [7, 11) is -3.61. The summed E-state index contributed by atoms with van der Waals surface area (Å²) in [5.41, 5.74) is 5.76. The van der Waals surface area contributed by atoms with Crippen LogP contribution in [0.25, 0.3) is 0 Å². The molecular formula is C10H14N2O4S2. The molecule has 100 valence electrons. The highest BCUT2D eigenvalue weighted by Gasteiger charge is 2.30. The molecule has 1 aliphatic rings. The highest BCUT2D eigenvalue weighted by atomic mass is 32.2. The van der Waals surface area contributed by atoms with Crippen LogP contribution in [0, 0.1) is 0 Å². The Bertz CT molecular complexity index is 552. The van der Waals surface area contributed by atoms with Gasteiger partial charge in [-0.25, -0.2) is 13.2 Å². The summed E-state index contributed by atoms with van der Waals surface area (Å²) in [4.78, 5) is 10.8. The van der Waals surface area contributed by atoms with E-state index in [2.05, 4.69) is 0 Å². The van der Waals surface area contributed by atoms with Crippen LogP contribution in [0.15, 0.2) is 16.3 Å². The highest BCUT2D eigenvalue weighted by Crippen LogP contribution is 2.24. The molecule has 0 radical (unpaired) electrons. The predicted molar refractivity (Wildman–Crippen MR) is 67.2 cm³/mol. The number of rotatable bonds is 3. The van der Waals surface area contributed by atoms with E-state index in [1.807, 2.05) is 0 Å². The van der Waals surface area contributed by atoms with Crippen molar-refractivity contribution in [3.8, 4) is 0 Å². The first-order chi connectivity index (χ1) is 8.41. The van der Waals surface area contributed by atoms with Crippen molar-refractivity contribution in [2.24, 2.45) is 5.73 Å². The molecule has 8 heteroatoms.